The van der Waals surface area contributed by atoms with E-state index in [0.717, 1.165) is 44.1 Å². The molecule has 1 aromatic rings. The summed E-state index contributed by atoms with van der Waals surface area (Å²) in [5, 5.41) is 0. The Bertz CT molecular complexity index is 451. The molecule has 0 N–H and O–H groups in total. The lowest BCUT2D eigenvalue weighted by molar-refractivity contribution is 0.112. The molecule has 2 saturated heterocycles. The summed E-state index contributed by atoms with van der Waals surface area (Å²) in [5.74, 6) is 1.65. The Morgan fingerprint density at radius 3 is 1.79 bits per heavy atom. The van der Waals surface area contributed by atoms with Crippen LogP contribution in [0.2, 0.25) is 0 Å². The maximum absolute atomic E-state index is 11.5. The fourth-order valence-corrected chi connectivity index (χ4v) is 3.02. The van der Waals surface area contributed by atoms with Crippen molar-refractivity contribution in [1.82, 2.24) is 9.97 Å². The van der Waals surface area contributed by atoms with Crippen LogP contribution in [0, 0.1) is 0 Å². The molecule has 3 rings (SSSR count). The van der Waals surface area contributed by atoms with Gasteiger partial charge in [0.2, 0.25) is 0 Å². The molecular weight excluding hydrogens is 240 g/mol. The zero-order valence-corrected chi connectivity index (χ0v) is 11.2. The van der Waals surface area contributed by atoms with Crippen LogP contribution in [0.1, 0.15) is 42.5 Å². The molecule has 2 fully saturated rings. The number of aromatic nitrogens is 2. The highest BCUT2D eigenvalue weighted by molar-refractivity contribution is 5.90. The predicted molar refractivity (Wildman–Crippen MR) is 74.9 cm³/mol. The first-order valence-corrected chi connectivity index (χ1v) is 7.20. The molecule has 19 heavy (non-hydrogen) atoms. The van der Waals surface area contributed by atoms with E-state index in [9.17, 15) is 4.79 Å². The lowest BCUT2D eigenvalue weighted by Gasteiger charge is -2.29. The number of rotatable bonds is 3. The molecule has 0 amide bonds. The van der Waals surface area contributed by atoms with Crippen LogP contribution in [0.5, 0.6) is 0 Å². The number of hydrogen-bond acceptors (Lipinski definition) is 5. The summed E-state index contributed by atoms with van der Waals surface area (Å²) in [6.07, 6.45) is 8.53. The number of anilines is 2. The average Bonchev–Trinajstić information content (AvgIpc) is 3.01. The second-order valence-corrected chi connectivity index (χ2v) is 5.29. The number of carbonyl (C=O) groups excluding carboxylic acids is 1. The van der Waals surface area contributed by atoms with Gasteiger partial charge in [-0.15, -0.1) is 0 Å². The largest absolute Gasteiger partial charge is 0.356 e. The zero-order chi connectivity index (χ0) is 13.1. The Hall–Kier alpha value is -1.65. The predicted octanol–water partition coefficient (Wildman–Crippen LogP) is 1.88. The molecule has 102 valence electrons. The Labute approximate surface area is 113 Å². The summed E-state index contributed by atoms with van der Waals surface area (Å²) < 4.78 is 0. The van der Waals surface area contributed by atoms with Crippen LogP contribution in [0.15, 0.2) is 6.33 Å². The van der Waals surface area contributed by atoms with Crippen molar-refractivity contribution in [3.8, 4) is 0 Å². The fraction of sp³-hybridized carbons (Fsp3) is 0.643. The standard InChI is InChI=1S/C14H20N4O/c19-10-12-13(17-6-2-1-3-7-17)15-11-16-14(12)18-8-4-5-9-18/h10-11H,1-9H2. The highest BCUT2D eigenvalue weighted by Crippen LogP contribution is 2.28. The van der Waals surface area contributed by atoms with Crippen LogP contribution in [0.3, 0.4) is 0 Å². The van der Waals surface area contributed by atoms with Crippen LogP contribution in [0.25, 0.3) is 0 Å². The van der Waals surface area contributed by atoms with Gasteiger partial charge in [0.15, 0.2) is 6.29 Å². The summed E-state index contributed by atoms with van der Waals surface area (Å²) in [5.41, 5.74) is 0.673. The van der Waals surface area contributed by atoms with Gasteiger partial charge in [-0.05, 0) is 32.1 Å². The first-order chi connectivity index (χ1) is 9.40. The monoisotopic (exact) mass is 260 g/mol. The van der Waals surface area contributed by atoms with E-state index in [1.54, 1.807) is 6.33 Å². The van der Waals surface area contributed by atoms with Crippen LogP contribution in [-0.4, -0.2) is 42.4 Å². The molecule has 5 nitrogen and oxygen atoms in total. The summed E-state index contributed by atoms with van der Waals surface area (Å²) >= 11 is 0. The Morgan fingerprint density at radius 2 is 1.32 bits per heavy atom. The van der Waals surface area contributed by atoms with Crippen LogP contribution < -0.4 is 9.80 Å². The summed E-state index contributed by atoms with van der Waals surface area (Å²) in [6.45, 7) is 3.99. The molecule has 2 aliphatic rings. The van der Waals surface area contributed by atoms with Crippen molar-refractivity contribution in [3.63, 3.8) is 0 Å². The summed E-state index contributed by atoms with van der Waals surface area (Å²) in [7, 11) is 0. The van der Waals surface area contributed by atoms with Gasteiger partial charge in [0.1, 0.15) is 18.0 Å². The van der Waals surface area contributed by atoms with Gasteiger partial charge >= 0.3 is 0 Å². The molecule has 2 aliphatic heterocycles. The van der Waals surface area contributed by atoms with Crippen molar-refractivity contribution in [2.45, 2.75) is 32.1 Å². The van der Waals surface area contributed by atoms with E-state index in [0.29, 0.717) is 5.56 Å². The van der Waals surface area contributed by atoms with Gasteiger partial charge < -0.3 is 9.80 Å². The Balaban J connectivity index is 1.94. The quantitative estimate of drug-likeness (QED) is 0.777. The molecule has 0 saturated carbocycles. The third-order valence-corrected chi connectivity index (χ3v) is 4.02. The van der Waals surface area contributed by atoms with Gasteiger partial charge in [-0.2, -0.15) is 0 Å². The van der Waals surface area contributed by atoms with Crippen molar-refractivity contribution < 1.29 is 4.79 Å². The number of piperidine rings is 1. The van der Waals surface area contributed by atoms with Crippen molar-refractivity contribution in [1.29, 1.82) is 0 Å². The zero-order valence-electron chi connectivity index (χ0n) is 11.2. The Kier molecular flexibility index (Phi) is 3.62. The second-order valence-electron chi connectivity index (χ2n) is 5.29. The van der Waals surface area contributed by atoms with E-state index in [2.05, 4.69) is 19.8 Å². The van der Waals surface area contributed by atoms with E-state index in [1.165, 1.54) is 32.1 Å². The number of hydrogen-bond donors (Lipinski definition) is 0. The van der Waals surface area contributed by atoms with E-state index < -0.39 is 0 Å². The molecule has 0 aliphatic carbocycles. The number of carbonyl (C=O) groups is 1. The molecule has 0 bridgehead atoms. The van der Waals surface area contributed by atoms with E-state index in [-0.39, 0.29) is 0 Å². The molecule has 0 aromatic carbocycles. The summed E-state index contributed by atoms with van der Waals surface area (Å²) in [6, 6.07) is 0. The van der Waals surface area contributed by atoms with Gasteiger partial charge in [-0.25, -0.2) is 9.97 Å². The topological polar surface area (TPSA) is 49.3 Å². The normalized spacial score (nSPS) is 19.8. The van der Waals surface area contributed by atoms with E-state index >= 15 is 0 Å². The van der Waals surface area contributed by atoms with Crippen LogP contribution in [0.4, 0.5) is 11.6 Å². The third kappa shape index (κ3) is 2.41. The van der Waals surface area contributed by atoms with Crippen molar-refractivity contribution in [3.05, 3.63) is 11.9 Å². The molecule has 0 radical (unpaired) electrons. The number of nitrogens with zero attached hydrogens (tertiary/aromatic N) is 4. The number of aldehydes is 1. The average molecular weight is 260 g/mol. The maximum Gasteiger partial charge on any atom is 0.157 e. The smallest absolute Gasteiger partial charge is 0.157 e. The third-order valence-electron chi connectivity index (χ3n) is 4.02. The second kappa shape index (κ2) is 5.55. The first-order valence-electron chi connectivity index (χ1n) is 7.20. The van der Waals surface area contributed by atoms with Gasteiger partial charge in [-0.3, -0.25) is 4.79 Å². The van der Waals surface area contributed by atoms with Crippen molar-refractivity contribution in [2.75, 3.05) is 36.0 Å². The van der Waals surface area contributed by atoms with E-state index in [1.807, 2.05) is 0 Å². The maximum atomic E-state index is 11.5. The van der Waals surface area contributed by atoms with Crippen LogP contribution in [-0.2, 0) is 0 Å². The van der Waals surface area contributed by atoms with E-state index in [4.69, 9.17) is 0 Å². The van der Waals surface area contributed by atoms with Crippen molar-refractivity contribution in [2.24, 2.45) is 0 Å². The van der Waals surface area contributed by atoms with Crippen molar-refractivity contribution >= 4 is 17.9 Å². The lowest BCUT2D eigenvalue weighted by atomic mass is 10.1. The van der Waals surface area contributed by atoms with Gasteiger partial charge in [0, 0.05) is 26.2 Å². The molecule has 3 heterocycles. The molecule has 0 spiro atoms. The molecule has 0 unspecified atom stereocenters. The SMILES string of the molecule is O=Cc1c(N2CCCCC2)ncnc1N1CCCC1. The minimum Gasteiger partial charge on any atom is -0.356 e. The molecule has 5 heteroatoms. The molecular formula is C14H20N4O. The highest BCUT2D eigenvalue weighted by Gasteiger charge is 2.23. The lowest BCUT2D eigenvalue weighted by Crippen LogP contribution is -2.32. The first kappa shape index (κ1) is 12.4. The minimum absolute atomic E-state index is 0.673. The van der Waals surface area contributed by atoms with Gasteiger partial charge in [0.25, 0.3) is 0 Å². The Morgan fingerprint density at radius 1 is 0.842 bits per heavy atom. The van der Waals surface area contributed by atoms with Gasteiger partial charge in [0.05, 0.1) is 5.56 Å². The summed E-state index contributed by atoms with van der Waals surface area (Å²) in [4.78, 5) is 24.7. The van der Waals surface area contributed by atoms with Gasteiger partial charge in [-0.1, -0.05) is 0 Å². The molecule has 0 atom stereocenters. The van der Waals surface area contributed by atoms with Crippen LogP contribution >= 0.6 is 0 Å². The fourth-order valence-electron chi connectivity index (χ4n) is 3.02. The molecule has 1 aromatic heterocycles. The highest BCUT2D eigenvalue weighted by atomic mass is 16.1. The minimum atomic E-state index is 0.673.